The minimum absolute atomic E-state index is 0.314. The maximum absolute atomic E-state index is 12.1. The summed E-state index contributed by atoms with van der Waals surface area (Å²) in [5, 5.41) is 7.94. The van der Waals surface area contributed by atoms with E-state index in [2.05, 4.69) is 10.5 Å². The lowest BCUT2D eigenvalue weighted by Crippen LogP contribution is -2.16. The van der Waals surface area contributed by atoms with Crippen molar-refractivity contribution >= 4 is 23.5 Å². The molecule has 0 amide bonds. The van der Waals surface area contributed by atoms with Crippen molar-refractivity contribution < 1.29 is 14.1 Å². The summed E-state index contributed by atoms with van der Waals surface area (Å²) in [6.45, 7) is 0. The summed E-state index contributed by atoms with van der Waals surface area (Å²) in [4.78, 5) is 12.1. The third-order valence-corrected chi connectivity index (χ3v) is 4.14. The van der Waals surface area contributed by atoms with Gasteiger partial charge < -0.3 is 14.6 Å². The van der Waals surface area contributed by atoms with Crippen LogP contribution < -0.4 is 5.32 Å². The van der Waals surface area contributed by atoms with Crippen LogP contribution in [0.5, 0.6) is 0 Å². The number of carbonyl (C=O) groups is 1. The molecule has 5 nitrogen and oxygen atoms in total. The monoisotopic (exact) mass is 320 g/mol. The van der Waals surface area contributed by atoms with Crippen LogP contribution in [-0.4, -0.2) is 24.3 Å². The van der Waals surface area contributed by atoms with Gasteiger partial charge in [0.2, 0.25) is 5.88 Å². The Labute approximate surface area is 133 Å². The second-order valence-corrected chi connectivity index (χ2v) is 5.80. The van der Waals surface area contributed by atoms with E-state index in [1.54, 1.807) is 24.3 Å². The van der Waals surface area contributed by atoms with E-state index in [0.717, 1.165) is 18.4 Å². The molecule has 6 heteroatoms. The van der Waals surface area contributed by atoms with E-state index in [0.29, 0.717) is 28.2 Å². The van der Waals surface area contributed by atoms with E-state index in [4.69, 9.17) is 20.9 Å². The molecule has 2 aromatic rings. The summed E-state index contributed by atoms with van der Waals surface area (Å²) in [6.07, 6.45) is 4.50. The number of benzene rings is 1. The van der Waals surface area contributed by atoms with Crippen LogP contribution >= 0.6 is 11.6 Å². The van der Waals surface area contributed by atoms with Crippen molar-refractivity contribution in [3.63, 3.8) is 0 Å². The number of esters is 1. The number of hydrogen-bond acceptors (Lipinski definition) is 5. The SMILES string of the molecule is COC(=O)c1c(-c2ccc(Cl)cc2)noc1NC1CCCC1. The molecule has 1 aliphatic rings. The zero-order valence-corrected chi connectivity index (χ0v) is 13.0. The molecule has 1 aliphatic carbocycles. The molecule has 0 spiro atoms. The van der Waals surface area contributed by atoms with Gasteiger partial charge in [-0.3, -0.25) is 0 Å². The van der Waals surface area contributed by atoms with E-state index < -0.39 is 5.97 Å². The van der Waals surface area contributed by atoms with E-state index in [1.165, 1.54) is 20.0 Å². The highest BCUT2D eigenvalue weighted by Gasteiger charge is 2.27. The van der Waals surface area contributed by atoms with Crippen LogP contribution in [0.1, 0.15) is 36.0 Å². The van der Waals surface area contributed by atoms with Crippen LogP contribution in [0.4, 0.5) is 5.88 Å². The van der Waals surface area contributed by atoms with Crippen molar-refractivity contribution in [3.8, 4) is 11.3 Å². The zero-order chi connectivity index (χ0) is 15.5. The lowest BCUT2D eigenvalue weighted by molar-refractivity contribution is 0.0602. The van der Waals surface area contributed by atoms with Crippen molar-refractivity contribution in [1.82, 2.24) is 5.16 Å². The fourth-order valence-corrected chi connectivity index (χ4v) is 2.87. The Morgan fingerprint density at radius 1 is 1.32 bits per heavy atom. The number of nitrogens with one attached hydrogen (secondary N) is 1. The van der Waals surface area contributed by atoms with Crippen molar-refractivity contribution in [2.45, 2.75) is 31.7 Å². The summed E-state index contributed by atoms with van der Waals surface area (Å²) >= 11 is 5.90. The second kappa shape index (κ2) is 6.40. The standard InChI is InChI=1S/C16H17ClN2O3/c1-21-16(20)13-14(10-6-8-11(17)9-7-10)19-22-15(13)18-12-4-2-3-5-12/h6-9,12,18H,2-5H2,1H3. The molecule has 0 radical (unpaired) electrons. The van der Waals surface area contributed by atoms with Crippen molar-refractivity contribution in [2.24, 2.45) is 0 Å². The second-order valence-electron chi connectivity index (χ2n) is 5.36. The van der Waals surface area contributed by atoms with Gasteiger partial charge in [-0.2, -0.15) is 0 Å². The third kappa shape index (κ3) is 2.95. The lowest BCUT2D eigenvalue weighted by Gasteiger charge is -2.11. The number of carbonyl (C=O) groups excluding carboxylic acids is 1. The first kappa shape index (κ1) is 14.9. The average molecular weight is 321 g/mol. The number of aromatic nitrogens is 1. The summed E-state index contributed by atoms with van der Waals surface area (Å²) in [5.74, 6) is -0.0876. The fourth-order valence-electron chi connectivity index (χ4n) is 2.74. The summed E-state index contributed by atoms with van der Waals surface area (Å²) < 4.78 is 10.3. The van der Waals surface area contributed by atoms with Crippen LogP contribution in [0, 0.1) is 0 Å². The molecule has 22 heavy (non-hydrogen) atoms. The topological polar surface area (TPSA) is 64.4 Å². The minimum Gasteiger partial charge on any atom is -0.465 e. The first-order valence-corrected chi connectivity index (χ1v) is 7.67. The molecular weight excluding hydrogens is 304 g/mol. The smallest absolute Gasteiger partial charge is 0.345 e. The molecule has 0 aliphatic heterocycles. The van der Waals surface area contributed by atoms with Gasteiger partial charge in [0.25, 0.3) is 0 Å². The quantitative estimate of drug-likeness (QED) is 0.858. The van der Waals surface area contributed by atoms with Crippen LogP contribution in [0.2, 0.25) is 5.02 Å². The van der Waals surface area contributed by atoms with Gasteiger partial charge in [0, 0.05) is 16.6 Å². The molecule has 0 bridgehead atoms. The first-order valence-electron chi connectivity index (χ1n) is 7.29. The maximum Gasteiger partial charge on any atom is 0.345 e. The summed E-state index contributed by atoms with van der Waals surface area (Å²) in [6, 6.07) is 7.40. The highest BCUT2D eigenvalue weighted by molar-refractivity contribution is 6.30. The van der Waals surface area contributed by atoms with E-state index in [-0.39, 0.29) is 0 Å². The van der Waals surface area contributed by atoms with Gasteiger partial charge in [0.05, 0.1) is 7.11 Å². The number of ether oxygens (including phenoxy) is 1. The normalized spacial score (nSPS) is 15.0. The number of halogens is 1. The van der Waals surface area contributed by atoms with E-state index in [1.807, 2.05) is 0 Å². The Morgan fingerprint density at radius 2 is 2.00 bits per heavy atom. The molecule has 3 rings (SSSR count). The van der Waals surface area contributed by atoms with Crippen LogP contribution in [-0.2, 0) is 4.74 Å². The van der Waals surface area contributed by atoms with Gasteiger partial charge in [-0.25, -0.2) is 4.79 Å². The summed E-state index contributed by atoms with van der Waals surface area (Å²) in [5.41, 5.74) is 1.55. The Kier molecular flexibility index (Phi) is 4.34. The Morgan fingerprint density at radius 3 is 2.64 bits per heavy atom. The molecule has 0 atom stereocenters. The maximum atomic E-state index is 12.1. The fraction of sp³-hybridized carbons (Fsp3) is 0.375. The lowest BCUT2D eigenvalue weighted by atomic mass is 10.1. The predicted molar refractivity (Wildman–Crippen MR) is 84.2 cm³/mol. The third-order valence-electron chi connectivity index (χ3n) is 3.89. The molecule has 1 fully saturated rings. The Hall–Kier alpha value is -2.01. The molecule has 1 heterocycles. The Bertz CT molecular complexity index is 661. The van der Waals surface area contributed by atoms with E-state index >= 15 is 0 Å². The predicted octanol–water partition coefficient (Wildman–Crippen LogP) is 4.14. The minimum atomic E-state index is -0.466. The van der Waals surface area contributed by atoms with Gasteiger partial charge in [-0.05, 0) is 25.0 Å². The molecule has 0 unspecified atom stereocenters. The molecule has 1 aromatic carbocycles. The first-order chi connectivity index (χ1) is 10.7. The number of rotatable bonds is 4. The van der Waals surface area contributed by atoms with Gasteiger partial charge in [-0.1, -0.05) is 41.7 Å². The average Bonchev–Trinajstić information content (AvgIpc) is 3.18. The number of nitrogens with zero attached hydrogens (tertiary/aromatic N) is 1. The number of hydrogen-bond donors (Lipinski definition) is 1. The molecular formula is C16H17ClN2O3. The highest BCUT2D eigenvalue weighted by atomic mass is 35.5. The van der Waals surface area contributed by atoms with E-state index in [9.17, 15) is 4.79 Å². The zero-order valence-electron chi connectivity index (χ0n) is 12.3. The van der Waals surface area contributed by atoms with Crippen LogP contribution in [0.25, 0.3) is 11.3 Å². The highest BCUT2D eigenvalue weighted by Crippen LogP contribution is 2.32. The molecule has 1 N–H and O–H groups in total. The summed E-state index contributed by atoms with van der Waals surface area (Å²) in [7, 11) is 1.35. The van der Waals surface area contributed by atoms with Crippen molar-refractivity contribution in [2.75, 3.05) is 12.4 Å². The molecule has 1 saturated carbocycles. The molecule has 0 saturated heterocycles. The Balaban J connectivity index is 1.97. The number of methoxy groups -OCH3 is 1. The van der Waals surface area contributed by atoms with Gasteiger partial charge >= 0.3 is 5.97 Å². The van der Waals surface area contributed by atoms with Gasteiger partial charge in [0.15, 0.2) is 5.56 Å². The van der Waals surface area contributed by atoms with Gasteiger partial charge in [-0.15, -0.1) is 0 Å². The largest absolute Gasteiger partial charge is 0.465 e. The van der Waals surface area contributed by atoms with Gasteiger partial charge in [0.1, 0.15) is 5.69 Å². The molecule has 116 valence electrons. The number of anilines is 1. The van der Waals surface area contributed by atoms with Crippen molar-refractivity contribution in [3.05, 3.63) is 34.9 Å². The van der Waals surface area contributed by atoms with Crippen LogP contribution in [0.3, 0.4) is 0 Å². The molecule has 1 aromatic heterocycles. The van der Waals surface area contributed by atoms with Crippen molar-refractivity contribution in [1.29, 1.82) is 0 Å². The van der Waals surface area contributed by atoms with Crippen LogP contribution in [0.15, 0.2) is 28.8 Å².